The van der Waals surface area contributed by atoms with E-state index in [0.717, 1.165) is 5.56 Å². The van der Waals surface area contributed by atoms with E-state index in [9.17, 15) is 19.2 Å². The molecule has 0 radical (unpaired) electrons. The third-order valence-electron chi connectivity index (χ3n) is 7.17. The summed E-state index contributed by atoms with van der Waals surface area (Å²) in [6.45, 7) is 11.7. The van der Waals surface area contributed by atoms with Crippen molar-refractivity contribution in [3.8, 4) is 11.4 Å². The Morgan fingerprint density at radius 3 is 2.12 bits per heavy atom. The van der Waals surface area contributed by atoms with E-state index >= 15 is 0 Å². The number of benzene rings is 2. The summed E-state index contributed by atoms with van der Waals surface area (Å²) >= 11 is 0. The lowest BCUT2D eigenvalue weighted by Gasteiger charge is -2.23. The quantitative estimate of drug-likeness (QED) is 0.204. The average molecular weight is 660 g/mol. The zero-order valence-corrected chi connectivity index (χ0v) is 28.3. The molecule has 1 aliphatic heterocycles. The van der Waals surface area contributed by atoms with Crippen molar-refractivity contribution in [2.45, 2.75) is 54.4 Å². The normalized spacial score (nSPS) is 13.1. The van der Waals surface area contributed by atoms with E-state index in [4.69, 9.17) is 24.6 Å². The smallest absolute Gasteiger partial charge is 0.325 e. The molecule has 1 N–H and O–H groups in total. The highest BCUT2D eigenvalue weighted by Gasteiger charge is 2.35. The number of methoxy groups -OCH3 is 1. The van der Waals surface area contributed by atoms with Crippen molar-refractivity contribution in [1.82, 2.24) is 14.9 Å². The van der Waals surface area contributed by atoms with Crippen molar-refractivity contribution in [1.29, 1.82) is 0 Å². The molecular weight excluding hydrogens is 618 g/mol. The maximum Gasteiger partial charge on any atom is 0.325 e. The van der Waals surface area contributed by atoms with Gasteiger partial charge in [0.25, 0.3) is 0 Å². The van der Waals surface area contributed by atoms with Gasteiger partial charge in [-0.15, -0.1) is 9.89 Å². The van der Waals surface area contributed by atoms with Gasteiger partial charge in [0.05, 0.1) is 38.1 Å². The number of nitrogens with zero attached hydrogens (tertiary/aromatic N) is 6. The number of fused-ring (bicyclic) bond motifs is 1. The number of nitrogens with one attached hydrogen (secondary N) is 1. The second-order valence-electron chi connectivity index (χ2n) is 11.9. The molecule has 2 aromatic carbocycles. The maximum absolute atomic E-state index is 12.3. The number of amides is 1. The van der Waals surface area contributed by atoms with Gasteiger partial charge in [-0.2, -0.15) is 5.10 Å². The highest BCUT2D eigenvalue weighted by molar-refractivity contribution is 6.50. The zero-order valence-electron chi connectivity index (χ0n) is 28.3. The van der Waals surface area contributed by atoms with Gasteiger partial charge in [-0.05, 0) is 68.8 Å². The van der Waals surface area contributed by atoms with Gasteiger partial charge in [0, 0.05) is 28.8 Å². The summed E-state index contributed by atoms with van der Waals surface area (Å²) in [6.07, 6.45) is 0.0141. The van der Waals surface area contributed by atoms with Crippen molar-refractivity contribution in [2.75, 3.05) is 43.6 Å². The van der Waals surface area contributed by atoms with Gasteiger partial charge in [-0.3, -0.25) is 19.2 Å². The number of aromatic nitrogens is 3. The summed E-state index contributed by atoms with van der Waals surface area (Å²) in [5, 5.41) is 12.1. The predicted molar refractivity (Wildman–Crippen MR) is 180 cm³/mol. The van der Waals surface area contributed by atoms with Crippen molar-refractivity contribution < 1.29 is 33.4 Å². The first-order valence-corrected chi connectivity index (χ1v) is 15.6. The molecule has 1 aliphatic rings. The average Bonchev–Trinajstić information content (AvgIpc) is 3.60. The Bertz CT molecular complexity index is 1720. The Morgan fingerprint density at radius 2 is 1.56 bits per heavy atom. The van der Waals surface area contributed by atoms with E-state index in [1.165, 1.54) is 11.9 Å². The number of esters is 3. The van der Waals surface area contributed by atoms with Gasteiger partial charge in [0.1, 0.15) is 18.8 Å². The van der Waals surface area contributed by atoms with Crippen molar-refractivity contribution >= 4 is 52.3 Å². The van der Waals surface area contributed by atoms with Gasteiger partial charge in [-0.25, -0.2) is 9.98 Å². The van der Waals surface area contributed by atoms with Crippen LogP contribution in [0.15, 0.2) is 52.6 Å². The molecule has 3 aromatic rings. The van der Waals surface area contributed by atoms with Crippen LogP contribution in [0.2, 0.25) is 0 Å². The number of ether oxygens (including phenoxy) is 3. The fourth-order valence-corrected chi connectivity index (χ4v) is 4.79. The van der Waals surface area contributed by atoms with E-state index < -0.39 is 17.9 Å². The summed E-state index contributed by atoms with van der Waals surface area (Å²) < 4.78 is 14.8. The number of hydrogen-bond acceptors (Lipinski definition) is 12. The summed E-state index contributed by atoms with van der Waals surface area (Å²) in [4.78, 5) is 61.0. The van der Waals surface area contributed by atoms with E-state index in [2.05, 4.69) is 15.2 Å². The molecule has 14 nitrogen and oxygen atoms in total. The number of aliphatic imine (C=N–C) groups is 1. The lowest BCUT2D eigenvalue weighted by Crippen LogP contribution is -2.36. The van der Waals surface area contributed by atoms with E-state index in [1.54, 1.807) is 49.1 Å². The Balaban J connectivity index is 1.61. The standard InChI is InChI=1S/C34H41N7O7/c1-8-47-28(44)19-40(20-29(45)48-9-2)24-14-15-25(21(3)18-24)36-30-31(34(4,5)6)38-41-33(30)37-32(39-41)22-10-12-23(13-11-22)35-26(42)16-17-27(43)46-7/h10-15,18H,8-9,16-17,19-20H2,1-7H3,(H,35,42). The van der Waals surface area contributed by atoms with Crippen LogP contribution in [0.1, 0.15) is 58.8 Å². The highest BCUT2D eigenvalue weighted by Crippen LogP contribution is 2.31. The van der Waals surface area contributed by atoms with E-state index in [0.29, 0.717) is 45.7 Å². The van der Waals surface area contributed by atoms with E-state index in [1.807, 2.05) is 39.8 Å². The topological polar surface area (TPSA) is 167 Å². The monoisotopic (exact) mass is 659 g/mol. The predicted octanol–water partition coefficient (Wildman–Crippen LogP) is 4.46. The second-order valence-corrected chi connectivity index (χ2v) is 11.9. The number of hydrogen-bond donors (Lipinski definition) is 1. The molecule has 0 saturated heterocycles. The largest absolute Gasteiger partial charge is 0.469 e. The number of carbonyl (C=O) groups excluding carboxylic acids is 4. The Morgan fingerprint density at radius 1 is 0.917 bits per heavy atom. The third-order valence-corrected chi connectivity index (χ3v) is 7.17. The minimum Gasteiger partial charge on any atom is -0.469 e. The summed E-state index contributed by atoms with van der Waals surface area (Å²) in [5.74, 6) is -0.748. The minimum atomic E-state index is -0.453. The van der Waals surface area contributed by atoms with Crippen LogP contribution in [0, 0.1) is 12.3 Å². The lowest BCUT2D eigenvalue weighted by atomic mass is 9.87. The highest BCUT2D eigenvalue weighted by atomic mass is 16.5. The zero-order chi connectivity index (χ0) is 35.0. The van der Waals surface area contributed by atoms with Crippen LogP contribution in [-0.2, 0) is 33.4 Å². The van der Waals surface area contributed by atoms with Gasteiger partial charge in [0.15, 0.2) is 5.82 Å². The van der Waals surface area contributed by atoms with Crippen LogP contribution in [0.3, 0.4) is 0 Å². The maximum atomic E-state index is 12.3. The van der Waals surface area contributed by atoms with Crippen LogP contribution in [0.25, 0.3) is 11.4 Å². The lowest BCUT2D eigenvalue weighted by molar-refractivity contribution is -0.143. The van der Waals surface area contributed by atoms with Gasteiger partial charge in [-0.1, -0.05) is 20.8 Å². The fraction of sp³-hybridized carbons (Fsp3) is 0.412. The number of rotatable bonds is 13. The van der Waals surface area contributed by atoms with Gasteiger partial charge >= 0.3 is 17.9 Å². The molecule has 0 unspecified atom stereocenters. The molecule has 1 amide bonds. The summed E-state index contributed by atoms with van der Waals surface area (Å²) in [6, 6.07) is 12.5. The molecule has 0 aliphatic carbocycles. The molecule has 0 fully saturated rings. The SMILES string of the molecule is CCOC(=O)CN(CC(=O)OCC)c1ccc(N=C2C(C(C)(C)C)=Nn3nc(-c4ccc(NC(=O)CCC(=O)OC)cc4)nc32)c(C)c1. The van der Waals surface area contributed by atoms with Gasteiger partial charge in [0.2, 0.25) is 11.7 Å². The number of anilines is 2. The van der Waals surface area contributed by atoms with Crippen LogP contribution in [0.5, 0.6) is 0 Å². The van der Waals surface area contributed by atoms with Crippen molar-refractivity contribution in [3.05, 3.63) is 53.9 Å². The molecule has 4 rings (SSSR count). The molecule has 0 saturated carbocycles. The van der Waals surface area contributed by atoms with Crippen LogP contribution in [-0.4, -0.2) is 83.5 Å². The molecule has 1 aromatic heterocycles. The van der Waals surface area contributed by atoms with Crippen LogP contribution >= 0.6 is 0 Å². The molecule has 0 atom stereocenters. The molecular formula is C34H41N7O7. The first-order chi connectivity index (χ1) is 22.8. The molecule has 48 heavy (non-hydrogen) atoms. The second kappa shape index (κ2) is 15.5. The first-order valence-electron chi connectivity index (χ1n) is 15.6. The Hall–Kier alpha value is -5.40. The number of carbonyl (C=O) groups is 4. The minimum absolute atomic E-state index is 0.00140. The molecule has 254 valence electrons. The summed E-state index contributed by atoms with van der Waals surface area (Å²) in [7, 11) is 1.28. The molecule has 0 bridgehead atoms. The molecule has 2 heterocycles. The van der Waals surface area contributed by atoms with Crippen molar-refractivity contribution in [2.24, 2.45) is 15.5 Å². The first kappa shape index (κ1) is 35.5. The fourth-order valence-electron chi connectivity index (χ4n) is 4.79. The third kappa shape index (κ3) is 8.90. The van der Waals surface area contributed by atoms with Crippen LogP contribution < -0.4 is 10.2 Å². The Kier molecular flexibility index (Phi) is 11.4. The van der Waals surface area contributed by atoms with Crippen molar-refractivity contribution in [3.63, 3.8) is 0 Å². The number of aryl methyl sites for hydroxylation is 1. The molecule has 0 spiro atoms. The summed E-state index contributed by atoms with van der Waals surface area (Å²) in [5.41, 5.74) is 4.28. The van der Waals surface area contributed by atoms with E-state index in [-0.39, 0.29) is 50.5 Å². The Labute approximate surface area is 279 Å². The molecule has 14 heteroatoms. The van der Waals surface area contributed by atoms with Crippen LogP contribution in [0.4, 0.5) is 17.1 Å². The van der Waals surface area contributed by atoms with Gasteiger partial charge < -0.3 is 24.4 Å².